The highest BCUT2D eigenvalue weighted by Crippen LogP contribution is 2.37. The van der Waals surface area contributed by atoms with Gasteiger partial charge in [0.25, 0.3) is 5.91 Å². The highest BCUT2D eigenvalue weighted by atomic mass is 19.4. The lowest BCUT2D eigenvalue weighted by atomic mass is 10.0. The molecule has 0 bridgehead atoms. The van der Waals surface area contributed by atoms with Crippen molar-refractivity contribution in [3.63, 3.8) is 0 Å². The van der Waals surface area contributed by atoms with Gasteiger partial charge in [-0.1, -0.05) is 0 Å². The number of carbonyl (C=O) groups is 3. The Bertz CT molecular complexity index is 806. The SMILES string of the molecule is CC(=O)NCCCNC(=O)[C@@H]1CCCN1C(=O)c1cc(C(F)(F)F)cc(C(F)(F)F)c1. The molecule has 1 aliphatic heterocycles. The van der Waals surface area contributed by atoms with E-state index in [1.54, 1.807) is 0 Å². The summed E-state index contributed by atoms with van der Waals surface area (Å²) >= 11 is 0. The molecule has 1 fully saturated rings. The van der Waals surface area contributed by atoms with Crippen molar-refractivity contribution in [2.45, 2.75) is 44.6 Å². The quantitative estimate of drug-likeness (QED) is 0.514. The minimum Gasteiger partial charge on any atom is -0.356 e. The predicted molar refractivity (Wildman–Crippen MR) is 96.8 cm³/mol. The van der Waals surface area contributed by atoms with Crippen LogP contribution in [0.2, 0.25) is 0 Å². The zero-order valence-corrected chi connectivity index (χ0v) is 16.5. The molecule has 0 aliphatic carbocycles. The highest BCUT2D eigenvalue weighted by Gasteiger charge is 2.39. The number of amides is 3. The molecule has 0 spiro atoms. The van der Waals surface area contributed by atoms with Crippen LogP contribution in [0.3, 0.4) is 0 Å². The van der Waals surface area contributed by atoms with E-state index >= 15 is 0 Å². The first-order valence-corrected chi connectivity index (χ1v) is 9.43. The third-order valence-electron chi connectivity index (χ3n) is 4.68. The third-order valence-corrected chi connectivity index (χ3v) is 4.68. The molecule has 3 amide bonds. The van der Waals surface area contributed by atoms with Crippen LogP contribution in [-0.4, -0.2) is 48.3 Å². The number of hydrogen-bond acceptors (Lipinski definition) is 3. The van der Waals surface area contributed by atoms with Crippen molar-refractivity contribution in [1.29, 1.82) is 0 Å². The van der Waals surface area contributed by atoms with Gasteiger partial charge in [0.05, 0.1) is 11.1 Å². The maximum Gasteiger partial charge on any atom is 0.416 e. The molecule has 6 nitrogen and oxygen atoms in total. The van der Waals surface area contributed by atoms with E-state index in [1.165, 1.54) is 6.92 Å². The zero-order valence-electron chi connectivity index (χ0n) is 16.5. The average molecular weight is 453 g/mol. The first kappa shape index (κ1) is 24.5. The Morgan fingerprint density at radius 3 is 2.03 bits per heavy atom. The molecule has 1 aromatic rings. The third kappa shape index (κ3) is 6.59. The molecule has 0 radical (unpaired) electrons. The van der Waals surface area contributed by atoms with Gasteiger partial charge >= 0.3 is 12.4 Å². The number of benzene rings is 1. The van der Waals surface area contributed by atoms with Crippen LogP contribution in [0.4, 0.5) is 26.3 Å². The smallest absolute Gasteiger partial charge is 0.356 e. The summed E-state index contributed by atoms with van der Waals surface area (Å²) in [4.78, 5) is 36.9. The molecular formula is C19H21F6N3O3. The Morgan fingerprint density at radius 2 is 1.52 bits per heavy atom. The van der Waals surface area contributed by atoms with Gasteiger partial charge in [-0.25, -0.2) is 0 Å². The summed E-state index contributed by atoms with van der Waals surface area (Å²) in [5, 5.41) is 5.10. The molecule has 1 aliphatic rings. The van der Waals surface area contributed by atoms with E-state index in [4.69, 9.17) is 0 Å². The Morgan fingerprint density at radius 1 is 0.968 bits per heavy atom. The molecule has 1 aromatic carbocycles. The van der Waals surface area contributed by atoms with Crippen molar-refractivity contribution >= 4 is 17.7 Å². The van der Waals surface area contributed by atoms with E-state index in [2.05, 4.69) is 10.6 Å². The molecule has 1 saturated heterocycles. The molecule has 2 N–H and O–H groups in total. The fraction of sp³-hybridized carbons (Fsp3) is 0.526. The summed E-state index contributed by atoms with van der Waals surface area (Å²) in [5.74, 6) is -1.87. The normalized spacial score (nSPS) is 16.9. The van der Waals surface area contributed by atoms with Gasteiger partial charge in [-0.15, -0.1) is 0 Å². The Labute approximate surface area is 174 Å². The Balaban J connectivity index is 2.17. The van der Waals surface area contributed by atoms with Crippen LogP contribution in [-0.2, 0) is 21.9 Å². The Hall–Kier alpha value is -2.79. The molecule has 0 aromatic heterocycles. The van der Waals surface area contributed by atoms with Crippen LogP contribution in [0, 0.1) is 0 Å². The first-order chi connectivity index (χ1) is 14.3. The monoisotopic (exact) mass is 453 g/mol. The van der Waals surface area contributed by atoms with Gasteiger partial charge in [0.2, 0.25) is 11.8 Å². The number of alkyl halides is 6. The summed E-state index contributed by atoms with van der Waals surface area (Å²) in [6.07, 6.45) is -9.14. The average Bonchev–Trinajstić information content (AvgIpc) is 3.15. The van der Waals surface area contributed by atoms with E-state index in [1.807, 2.05) is 0 Å². The Kier molecular flexibility index (Phi) is 7.55. The van der Waals surface area contributed by atoms with Gasteiger partial charge in [0.15, 0.2) is 0 Å². The number of carbonyl (C=O) groups excluding carboxylic acids is 3. The van der Waals surface area contributed by atoms with E-state index in [-0.39, 0.29) is 31.5 Å². The fourth-order valence-electron chi connectivity index (χ4n) is 3.21. The summed E-state index contributed by atoms with van der Waals surface area (Å²) in [7, 11) is 0. The molecule has 31 heavy (non-hydrogen) atoms. The standard InChI is InChI=1S/C19H21F6N3O3/c1-11(29)26-5-3-6-27-16(30)15-4-2-7-28(15)17(31)12-8-13(18(20,21)22)10-14(9-12)19(23,24)25/h8-10,15H,2-7H2,1H3,(H,26,29)(H,27,30)/t15-/m0/s1. The molecule has 1 heterocycles. The van der Waals surface area contributed by atoms with Crippen molar-refractivity contribution in [2.75, 3.05) is 19.6 Å². The number of nitrogens with zero attached hydrogens (tertiary/aromatic N) is 1. The highest BCUT2D eigenvalue weighted by molar-refractivity contribution is 5.98. The van der Waals surface area contributed by atoms with Gasteiger partial charge in [-0.2, -0.15) is 26.3 Å². The van der Waals surface area contributed by atoms with Crippen molar-refractivity contribution in [2.24, 2.45) is 0 Å². The lowest BCUT2D eigenvalue weighted by molar-refractivity contribution is -0.143. The lowest BCUT2D eigenvalue weighted by Crippen LogP contribution is -2.46. The van der Waals surface area contributed by atoms with Crippen molar-refractivity contribution in [3.05, 3.63) is 34.9 Å². The minimum atomic E-state index is -5.08. The molecule has 2 rings (SSSR count). The van der Waals surface area contributed by atoms with E-state index in [0.717, 1.165) is 4.90 Å². The number of hydrogen-bond donors (Lipinski definition) is 2. The molecule has 1 atom stereocenters. The second-order valence-electron chi connectivity index (χ2n) is 7.08. The van der Waals surface area contributed by atoms with Gasteiger partial charge in [-0.3, -0.25) is 14.4 Å². The summed E-state index contributed by atoms with van der Waals surface area (Å²) in [6, 6.07) is -0.339. The molecular weight excluding hydrogens is 432 g/mol. The number of likely N-dealkylation sites (tertiary alicyclic amines) is 1. The minimum absolute atomic E-state index is 0.0282. The van der Waals surface area contributed by atoms with E-state index in [9.17, 15) is 40.7 Å². The van der Waals surface area contributed by atoms with Crippen molar-refractivity contribution in [1.82, 2.24) is 15.5 Å². The van der Waals surface area contributed by atoms with Gasteiger partial charge in [0.1, 0.15) is 6.04 Å². The number of halogens is 6. The summed E-state index contributed by atoms with van der Waals surface area (Å²) in [5.41, 5.74) is -3.97. The molecule has 172 valence electrons. The van der Waals surface area contributed by atoms with E-state index in [0.29, 0.717) is 31.5 Å². The van der Waals surface area contributed by atoms with Gasteiger partial charge in [-0.05, 0) is 37.5 Å². The fourth-order valence-corrected chi connectivity index (χ4v) is 3.21. The second-order valence-corrected chi connectivity index (χ2v) is 7.08. The van der Waals surface area contributed by atoms with Crippen molar-refractivity contribution < 1.29 is 40.7 Å². The van der Waals surface area contributed by atoms with Gasteiger partial charge < -0.3 is 15.5 Å². The van der Waals surface area contributed by atoms with Gasteiger partial charge in [0, 0.05) is 32.1 Å². The first-order valence-electron chi connectivity index (χ1n) is 9.43. The van der Waals surface area contributed by atoms with Crippen LogP contribution in [0.25, 0.3) is 0 Å². The topological polar surface area (TPSA) is 78.5 Å². The maximum absolute atomic E-state index is 13.1. The van der Waals surface area contributed by atoms with Crippen LogP contribution < -0.4 is 10.6 Å². The maximum atomic E-state index is 13.1. The largest absolute Gasteiger partial charge is 0.416 e. The van der Waals surface area contributed by atoms with Crippen LogP contribution in [0.15, 0.2) is 18.2 Å². The molecule has 12 heteroatoms. The molecule has 0 unspecified atom stereocenters. The van der Waals surface area contributed by atoms with Crippen LogP contribution >= 0.6 is 0 Å². The zero-order chi connectivity index (χ0) is 23.4. The summed E-state index contributed by atoms with van der Waals surface area (Å²) < 4.78 is 78.3. The number of rotatable bonds is 6. The van der Waals surface area contributed by atoms with Crippen molar-refractivity contribution in [3.8, 4) is 0 Å². The van der Waals surface area contributed by atoms with Crippen LogP contribution in [0.5, 0.6) is 0 Å². The predicted octanol–water partition coefficient (Wildman–Crippen LogP) is 2.97. The van der Waals surface area contributed by atoms with Crippen LogP contribution in [0.1, 0.15) is 47.7 Å². The van der Waals surface area contributed by atoms with E-state index < -0.39 is 46.9 Å². The summed E-state index contributed by atoms with van der Waals surface area (Å²) in [6.45, 7) is 1.85. The number of nitrogens with one attached hydrogen (secondary N) is 2. The molecule has 0 saturated carbocycles. The second kappa shape index (κ2) is 9.56. The lowest BCUT2D eigenvalue weighted by Gasteiger charge is -2.25.